The fraction of sp³-hybridized carbons (Fsp3) is 0.529. The molecule has 0 atom stereocenters. The highest BCUT2D eigenvalue weighted by atomic mass is 16.1. The standard InChI is InChI=1S/C17H24N4O/c22-17(20-13-14-6-9-18-10-7-14)15-5-4-8-19-16(15)21-11-2-1-3-12-21/h4-6,8,18H,1-3,7,9-13H2,(H,20,22). The number of hydrogen-bond donors (Lipinski definition) is 2. The first-order chi connectivity index (χ1) is 10.8. The van der Waals surface area contributed by atoms with Gasteiger partial charge in [-0.2, -0.15) is 0 Å². The molecule has 1 saturated heterocycles. The molecule has 0 bridgehead atoms. The third-order valence-corrected chi connectivity index (χ3v) is 4.32. The quantitative estimate of drug-likeness (QED) is 0.831. The number of hydrogen-bond acceptors (Lipinski definition) is 4. The molecule has 2 aliphatic rings. The van der Waals surface area contributed by atoms with Gasteiger partial charge in [0.15, 0.2) is 0 Å². The number of piperidine rings is 1. The Morgan fingerprint density at radius 1 is 1.32 bits per heavy atom. The summed E-state index contributed by atoms with van der Waals surface area (Å²) in [5.41, 5.74) is 1.99. The summed E-state index contributed by atoms with van der Waals surface area (Å²) < 4.78 is 0. The van der Waals surface area contributed by atoms with Crippen molar-refractivity contribution in [2.75, 3.05) is 37.6 Å². The SMILES string of the molecule is O=C(NCC1=CCNCC1)c1cccnc1N1CCCCC1. The lowest BCUT2D eigenvalue weighted by molar-refractivity contribution is 0.0956. The van der Waals surface area contributed by atoms with Crippen LogP contribution in [-0.2, 0) is 0 Å². The number of pyridine rings is 1. The van der Waals surface area contributed by atoms with Crippen molar-refractivity contribution in [2.45, 2.75) is 25.7 Å². The molecular formula is C17H24N4O. The fourth-order valence-electron chi connectivity index (χ4n) is 3.05. The topological polar surface area (TPSA) is 57.3 Å². The van der Waals surface area contributed by atoms with Crippen molar-refractivity contribution < 1.29 is 4.79 Å². The molecule has 1 aromatic rings. The number of amides is 1. The summed E-state index contributed by atoms with van der Waals surface area (Å²) in [6, 6.07) is 3.72. The first-order valence-corrected chi connectivity index (χ1v) is 8.21. The van der Waals surface area contributed by atoms with Gasteiger partial charge in [-0.15, -0.1) is 0 Å². The normalized spacial score (nSPS) is 18.7. The highest BCUT2D eigenvalue weighted by Gasteiger charge is 2.19. The molecule has 118 valence electrons. The Bertz CT molecular complexity index is 549. The lowest BCUT2D eigenvalue weighted by Gasteiger charge is -2.29. The van der Waals surface area contributed by atoms with E-state index in [9.17, 15) is 4.79 Å². The summed E-state index contributed by atoms with van der Waals surface area (Å²) in [6.45, 7) is 4.52. The van der Waals surface area contributed by atoms with E-state index in [0.29, 0.717) is 12.1 Å². The van der Waals surface area contributed by atoms with Crippen LogP contribution in [0, 0.1) is 0 Å². The van der Waals surface area contributed by atoms with Crippen molar-refractivity contribution in [3.05, 3.63) is 35.5 Å². The first-order valence-electron chi connectivity index (χ1n) is 8.21. The molecule has 5 nitrogen and oxygen atoms in total. The zero-order valence-corrected chi connectivity index (χ0v) is 13.0. The molecule has 0 saturated carbocycles. The molecular weight excluding hydrogens is 276 g/mol. The Morgan fingerprint density at radius 3 is 2.95 bits per heavy atom. The van der Waals surface area contributed by atoms with Crippen LogP contribution in [0.15, 0.2) is 30.0 Å². The smallest absolute Gasteiger partial charge is 0.255 e. The number of nitrogens with zero attached hydrogens (tertiary/aromatic N) is 2. The molecule has 3 heterocycles. The van der Waals surface area contributed by atoms with Crippen LogP contribution in [0.1, 0.15) is 36.0 Å². The van der Waals surface area contributed by atoms with Gasteiger partial charge in [0.2, 0.25) is 0 Å². The van der Waals surface area contributed by atoms with Gasteiger partial charge in [0.05, 0.1) is 5.56 Å². The fourth-order valence-corrected chi connectivity index (χ4v) is 3.05. The summed E-state index contributed by atoms with van der Waals surface area (Å²) in [6.07, 6.45) is 8.57. The lowest BCUT2D eigenvalue weighted by Crippen LogP contribution is -2.34. The Hall–Kier alpha value is -1.88. The molecule has 1 amide bonds. The van der Waals surface area contributed by atoms with Gasteiger partial charge in [0.1, 0.15) is 5.82 Å². The van der Waals surface area contributed by atoms with Crippen LogP contribution in [0.25, 0.3) is 0 Å². The van der Waals surface area contributed by atoms with Gasteiger partial charge in [-0.3, -0.25) is 4.79 Å². The maximum absolute atomic E-state index is 12.5. The third kappa shape index (κ3) is 3.65. The molecule has 5 heteroatoms. The van der Waals surface area contributed by atoms with Crippen molar-refractivity contribution in [2.24, 2.45) is 0 Å². The van der Waals surface area contributed by atoms with Gasteiger partial charge >= 0.3 is 0 Å². The zero-order chi connectivity index (χ0) is 15.2. The van der Waals surface area contributed by atoms with Crippen molar-refractivity contribution in [3.8, 4) is 0 Å². The number of rotatable bonds is 4. The molecule has 1 aromatic heterocycles. The Morgan fingerprint density at radius 2 is 2.18 bits per heavy atom. The van der Waals surface area contributed by atoms with E-state index in [-0.39, 0.29) is 5.91 Å². The van der Waals surface area contributed by atoms with E-state index in [1.165, 1.54) is 24.8 Å². The van der Waals surface area contributed by atoms with Gasteiger partial charge in [0.25, 0.3) is 5.91 Å². The summed E-state index contributed by atoms with van der Waals surface area (Å²) in [5.74, 6) is 0.812. The van der Waals surface area contributed by atoms with E-state index in [1.54, 1.807) is 6.20 Å². The Balaban J connectivity index is 1.67. The van der Waals surface area contributed by atoms with Crippen LogP contribution in [0.3, 0.4) is 0 Å². The second-order valence-corrected chi connectivity index (χ2v) is 5.92. The van der Waals surface area contributed by atoms with E-state index in [4.69, 9.17) is 0 Å². The number of anilines is 1. The van der Waals surface area contributed by atoms with Crippen LogP contribution in [0.5, 0.6) is 0 Å². The van der Waals surface area contributed by atoms with E-state index < -0.39 is 0 Å². The van der Waals surface area contributed by atoms with Crippen molar-refractivity contribution >= 4 is 11.7 Å². The van der Waals surface area contributed by atoms with Crippen molar-refractivity contribution in [3.63, 3.8) is 0 Å². The van der Waals surface area contributed by atoms with E-state index in [1.807, 2.05) is 12.1 Å². The highest BCUT2D eigenvalue weighted by molar-refractivity contribution is 5.99. The Labute approximate surface area is 131 Å². The molecule has 3 rings (SSSR count). The minimum absolute atomic E-state index is 0.0203. The number of carbonyl (C=O) groups excluding carboxylic acids is 1. The molecule has 22 heavy (non-hydrogen) atoms. The van der Waals surface area contributed by atoms with E-state index in [2.05, 4.69) is 26.6 Å². The summed E-state index contributed by atoms with van der Waals surface area (Å²) in [7, 11) is 0. The molecule has 1 fully saturated rings. The van der Waals surface area contributed by atoms with Crippen LogP contribution in [0.2, 0.25) is 0 Å². The van der Waals surface area contributed by atoms with Crippen LogP contribution in [-0.4, -0.2) is 43.6 Å². The Kier molecular flexibility index (Phi) is 5.06. The first kappa shape index (κ1) is 15.0. The van der Waals surface area contributed by atoms with Crippen molar-refractivity contribution in [1.82, 2.24) is 15.6 Å². The zero-order valence-electron chi connectivity index (χ0n) is 13.0. The molecule has 2 N–H and O–H groups in total. The second kappa shape index (κ2) is 7.40. The largest absolute Gasteiger partial charge is 0.356 e. The van der Waals surface area contributed by atoms with Gasteiger partial charge in [-0.05, 0) is 44.4 Å². The van der Waals surface area contributed by atoms with Gasteiger partial charge in [-0.25, -0.2) is 4.98 Å². The second-order valence-electron chi connectivity index (χ2n) is 5.92. The van der Waals surface area contributed by atoms with Crippen LogP contribution >= 0.6 is 0 Å². The maximum atomic E-state index is 12.5. The minimum atomic E-state index is -0.0203. The summed E-state index contributed by atoms with van der Waals surface area (Å²) in [4.78, 5) is 19.2. The molecule has 0 unspecified atom stereocenters. The predicted molar refractivity (Wildman–Crippen MR) is 88.2 cm³/mol. The lowest BCUT2D eigenvalue weighted by atomic mass is 10.1. The van der Waals surface area contributed by atoms with E-state index >= 15 is 0 Å². The number of nitrogens with one attached hydrogen (secondary N) is 2. The third-order valence-electron chi connectivity index (χ3n) is 4.32. The molecule has 0 radical (unpaired) electrons. The number of carbonyl (C=O) groups is 1. The predicted octanol–water partition coefficient (Wildman–Crippen LogP) is 1.72. The van der Waals surface area contributed by atoms with Gasteiger partial charge in [0, 0.05) is 32.4 Å². The summed E-state index contributed by atoms with van der Waals surface area (Å²) >= 11 is 0. The minimum Gasteiger partial charge on any atom is -0.356 e. The number of aromatic nitrogens is 1. The van der Waals surface area contributed by atoms with Gasteiger partial charge < -0.3 is 15.5 Å². The van der Waals surface area contributed by atoms with Crippen LogP contribution < -0.4 is 15.5 Å². The molecule has 0 aromatic carbocycles. The maximum Gasteiger partial charge on any atom is 0.255 e. The average molecular weight is 300 g/mol. The molecule has 0 spiro atoms. The highest BCUT2D eigenvalue weighted by Crippen LogP contribution is 2.21. The monoisotopic (exact) mass is 300 g/mol. The average Bonchev–Trinajstić information content (AvgIpc) is 2.61. The van der Waals surface area contributed by atoms with Crippen LogP contribution in [0.4, 0.5) is 5.82 Å². The van der Waals surface area contributed by atoms with Gasteiger partial charge in [-0.1, -0.05) is 11.6 Å². The molecule has 0 aliphatic carbocycles. The molecule has 2 aliphatic heterocycles. The summed E-state index contributed by atoms with van der Waals surface area (Å²) in [5, 5.41) is 6.33. The van der Waals surface area contributed by atoms with E-state index in [0.717, 1.165) is 38.4 Å². The van der Waals surface area contributed by atoms with Crippen molar-refractivity contribution in [1.29, 1.82) is 0 Å².